The fourth-order valence-corrected chi connectivity index (χ4v) is 3.34. The average molecular weight is 238 g/mol. The molecule has 1 aromatic rings. The predicted molar refractivity (Wildman–Crippen MR) is 70.9 cm³/mol. The first-order valence-electron chi connectivity index (χ1n) is 6.36. The monoisotopic (exact) mass is 238 g/mol. The number of rotatable bonds is 5. The van der Waals surface area contributed by atoms with E-state index in [0.29, 0.717) is 0 Å². The van der Waals surface area contributed by atoms with Crippen LogP contribution in [0.4, 0.5) is 0 Å². The van der Waals surface area contributed by atoms with Crippen LogP contribution in [-0.2, 0) is 6.42 Å². The predicted octanol–water partition coefficient (Wildman–Crippen LogP) is 2.49. The van der Waals surface area contributed by atoms with E-state index in [4.69, 9.17) is 5.73 Å². The number of hydrogen-bond donors (Lipinski definition) is 1. The Morgan fingerprint density at radius 2 is 2.38 bits per heavy atom. The Morgan fingerprint density at radius 3 is 3.12 bits per heavy atom. The van der Waals surface area contributed by atoms with Crippen molar-refractivity contribution in [2.75, 3.05) is 19.6 Å². The first kappa shape index (κ1) is 12.1. The molecule has 1 saturated heterocycles. The van der Waals surface area contributed by atoms with Gasteiger partial charge in [-0.3, -0.25) is 4.90 Å². The van der Waals surface area contributed by atoms with Gasteiger partial charge in [0.05, 0.1) is 0 Å². The van der Waals surface area contributed by atoms with Crippen LogP contribution in [0, 0.1) is 0 Å². The Kier molecular flexibility index (Phi) is 4.82. The van der Waals surface area contributed by atoms with Gasteiger partial charge in [-0.15, -0.1) is 11.3 Å². The van der Waals surface area contributed by atoms with Gasteiger partial charge in [0, 0.05) is 24.0 Å². The summed E-state index contributed by atoms with van der Waals surface area (Å²) in [5, 5.41) is 2.17. The topological polar surface area (TPSA) is 29.3 Å². The van der Waals surface area contributed by atoms with Crippen LogP contribution in [0.3, 0.4) is 0 Å². The fourth-order valence-electron chi connectivity index (χ4n) is 2.61. The van der Waals surface area contributed by atoms with Crippen LogP contribution in [0.15, 0.2) is 17.5 Å². The van der Waals surface area contributed by atoms with Crippen LogP contribution in [0.2, 0.25) is 0 Å². The van der Waals surface area contributed by atoms with Gasteiger partial charge in [-0.2, -0.15) is 0 Å². The quantitative estimate of drug-likeness (QED) is 0.854. The minimum Gasteiger partial charge on any atom is -0.329 e. The van der Waals surface area contributed by atoms with Crippen molar-refractivity contribution < 1.29 is 0 Å². The van der Waals surface area contributed by atoms with Crippen LogP contribution < -0.4 is 5.73 Å². The largest absolute Gasteiger partial charge is 0.329 e. The highest BCUT2D eigenvalue weighted by molar-refractivity contribution is 7.09. The van der Waals surface area contributed by atoms with Crippen LogP contribution >= 0.6 is 11.3 Å². The maximum atomic E-state index is 5.67. The van der Waals surface area contributed by atoms with Crippen molar-refractivity contribution in [1.82, 2.24) is 4.90 Å². The molecule has 1 fully saturated rings. The molecule has 16 heavy (non-hydrogen) atoms. The first-order chi connectivity index (χ1) is 7.90. The van der Waals surface area contributed by atoms with Gasteiger partial charge in [-0.05, 0) is 43.7 Å². The van der Waals surface area contributed by atoms with Gasteiger partial charge in [0.15, 0.2) is 0 Å². The minimum absolute atomic E-state index is 0.777. The van der Waals surface area contributed by atoms with Crippen LogP contribution in [-0.4, -0.2) is 30.6 Å². The molecular weight excluding hydrogens is 216 g/mol. The van der Waals surface area contributed by atoms with E-state index >= 15 is 0 Å². The highest BCUT2D eigenvalue weighted by Crippen LogP contribution is 2.22. The maximum absolute atomic E-state index is 5.67. The molecule has 0 radical (unpaired) electrons. The molecule has 0 saturated carbocycles. The molecule has 0 amide bonds. The van der Waals surface area contributed by atoms with Gasteiger partial charge in [-0.1, -0.05) is 12.5 Å². The molecule has 2 rings (SSSR count). The molecule has 0 spiro atoms. The van der Waals surface area contributed by atoms with Crippen molar-refractivity contribution in [2.45, 2.75) is 38.1 Å². The summed E-state index contributed by atoms with van der Waals surface area (Å²) >= 11 is 1.88. The number of likely N-dealkylation sites (tertiary alicyclic amines) is 1. The molecule has 0 bridgehead atoms. The first-order valence-corrected chi connectivity index (χ1v) is 7.24. The van der Waals surface area contributed by atoms with E-state index in [-0.39, 0.29) is 0 Å². The molecule has 1 atom stereocenters. The van der Waals surface area contributed by atoms with Crippen molar-refractivity contribution in [2.24, 2.45) is 5.73 Å². The zero-order valence-corrected chi connectivity index (χ0v) is 10.7. The van der Waals surface area contributed by atoms with E-state index in [0.717, 1.165) is 19.1 Å². The van der Waals surface area contributed by atoms with Crippen molar-refractivity contribution in [3.63, 3.8) is 0 Å². The molecule has 1 aromatic heterocycles. The molecule has 2 nitrogen and oxygen atoms in total. The Morgan fingerprint density at radius 1 is 1.44 bits per heavy atom. The summed E-state index contributed by atoms with van der Waals surface area (Å²) in [6, 6.07) is 5.18. The molecule has 2 heterocycles. The smallest absolute Gasteiger partial charge is 0.0108 e. The van der Waals surface area contributed by atoms with E-state index < -0.39 is 0 Å². The van der Waals surface area contributed by atoms with Crippen molar-refractivity contribution in [3.8, 4) is 0 Å². The van der Waals surface area contributed by atoms with Gasteiger partial charge in [0.1, 0.15) is 0 Å². The molecule has 0 aromatic carbocycles. The molecule has 3 heteroatoms. The molecule has 1 aliphatic rings. The third kappa shape index (κ3) is 3.30. The molecule has 1 aliphatic heterocycles. The lowest BCUT2D eigenvalue weighted by Gasteiger charge is -2.35. The summed E-state index contributed by atoms with van der Waals surface area (Å²) in [6.45, 7) is 3.14. The number of nitrogens with zero attached hydrogens (tertiary/aromatic N) is 1. The zero-order chi connectivity index (χ0) is 11.2. The Balaban J connectivity index is 1.81. The van der Waals surface area contributed by atoms with Crippen molar-refractivity contribution in [3.05, 3.63) is 22.4 Å². The molecular formula is C13H22N2S. The SMILES string of the molecule is NCCN1CCCCC1CCc1cccs1. The lowest BCUT2D eigenvalue weighted by molar-refractivity contribution is 0.145. The maximum Gasteiger partial charge on any atom is 0.0108 e. The third-order valence-corrected chi connectivity index (χ3v) is 4.41. The van der Waals surface area contributed by atoms with Crippen molar-refractivity contribution >= 4 is 11.3 Å². The summed E-state index contributed by atoms with van der Waals surface area (Å²) in [6.07, 6.45) is 6.67. The highest BCUT2D eigenvalue weighted by Gasteiger charge is 2.21. The molecule has 0 aliphatic carbocycles. The van der Waals surface area contributed by atoms with E-state index in [1.54, 1.807) is 0 Å². The average Bonchev–Trinajstić information content (AvgIpc) is 2.81. The summed E-state index contributed by atoms with van der Waals surface area (Å²) in [7, 11) is 0. The fraction of sp³-hybridized carbons (Fsp3) is 0.692. The van der Waals surface area contributed by atoms with Gasteiger partial charge in [0.25, 0.3) is 0 Å². The van der Waals surface area contributed by atoms with Crippen molar-refractivity contribution in [1.29, 1.82) is 0 Å². The van der Waals surface area contributed by atoms with E-state index in [1.165, 1.54) is 43.5 Å². The second kappa shape index (κ2) is 6.38. The highest BCUT2D eigenvalue weighted by atomic mass is 32.1. The number of hydrogen-bond acceptors (Lipinski definition) is 3. The minimum atomic E-state index is 0.777. The normalized spacial score (nSPS) is 22.4. The molecule has 2 N–H and O–H groups in total. The van der Waals surface area contributed by atoms with Crippen LogP contribution in [0.1, 0.15) is 30.6 Å². The van der Waals surface area contributed by atoms with E-state index in [1.807, 2.05) is 11.3 Å². The van der Waals surface area contributed by atoms with Gasteiger partial charge in [-0.25, -0.2) is 0 Å². The summed E-state index contributed by atoms with van der Waals surface area (Å²) in [4.78, 5) is 4.12. The number of thiophene rings is 1. The Bertz CT molecular complexity index is 282. The van der Waals surface area contributed by atoms with E-state index in [2.05, 4.69) is 22.4 Å². The number of nitrogens with two attached hydrogens (primary N) is 1. The second-order valence-electron chi connectivity index (χ2n) is 4.59. The van der Waals surface area contributed by atoms with E-state index in [9.17, 15) is 0 Å². The Hall–Kier alpha value is -0.380. The third-order valence-electron chi connectivity index (χ3n) is 3.47. The lowest BCUT2D eigenvalue weighted by atomic mass is 9.97. The number of aryl methyl sites for hydroxylation is 1. The van der Waals surface area contributed by atoms with Gasteiger partial charge in [0.2, 0.25) is 0 Å². The molecule has 1 unspecified atom stereocenters. The van der Waals surface area contributed by atoms with Gasteiger partial charge >= 0.3 is 0 Å². The Labute approximate surface area is 102 Å². The summed E-state index contributed by atoms with van der Waals surface area (Å²) in [5.41, 5.74) is 5.67. The zero-order valence-electron chi connectivity index (χ0n) is 9.90. The summed E-state index contributed by atoms with van der Waals surface area (Å²) < 4.78 is 0. The number of piperidine rings is 1. The van der Waals surface area contributed by atoms with Crippen LogP contribution in [0.25, 0.3) is 0 Å². The molecule has 90 valence electrons. The second-order valence-corrected chi connectivity index (χ2v) is 5.62. The van der Waals surface area contributed by atoms with Crippen LogP contribution in [0.5, 0.6) is 0 Å². The van der Waals surface area contributed by atoms with Gasteiger partial charge < -0.3 is 5.73 Å². The lowest BCUT2D eigenvalue weighted by Crippen LogP contribution is -2.42. The standard InChI is InChI=1S/C13H22N2S/c14-8-10-15-9-2-1-4-12(15)6-7-13-5-3-11-16-13/h3,5,11-12H,1-2,4,6-10,14H2. The summed E-state index contributed by atoms with van der Waals surface area (Å²) in [5.74, 6) is 0.